The number of nitrogens with one attached hydrogen (secondary N) is 1. The van der Waals surface area contributed by atoms with E-state index in [2.05, 4.69) is 9.71 Å². The van der Waals surface area contributed by atoms with Gasteiger partial charge in [-0.2, -0.15) is 0 Å². The zero-order valence-electron chi connectivity index (χ0n) is 11.9. The fraction of sp³-hybridized carbons (Fsp3) is 0.133. The first-order valence-electron chi connectivity index (χ1n) is 6.78. The Labute approximate surface area is 147 Å². The van der Waals surface area contributed by atoms with Gasteiger partial charge in [0.2, 0.25) is 10.0 Å². The Morgan fingerprint density at radius 1 is 1.17 bits per heavy atom. The zero-order chi connectivity index (χ0) is 16.3. The van der Waals surface area contributed by atoms with Crippen LogP contribution < -0.4 is 4.72 Å². The predicted molar refractivity (Wildman–Crippen MR) is 97.0 cm³/mol. The molecular formula is C15H13ClN2O2S3. The van der Waals surface area contributed by atoms with Crippen LogP contribution in [0.2, 0.25) is 5.02 Å². The number of halogens is 1. The quantitative estimate of drug-likeness (QED) is 0.515. The minimum atomic E-state index is -3.44. The molecule has 3 aromatic rings. The van der Waals surface area contributed by atoms with Crippen LogP contribution in [-0.4, -0.2) is 25.7 Å². The maximum absolute atomic E-state index is 12.1. The lowest BCUT2D eigenvalue weighted by Crippen LogP contribution is -2.25. The average Bonchev–Trinajstić information content (AvgIpc) is 2.94. The summed E-state index contributed by atoms with van der Waals surface area (Å²) in [4.78, 5) is 4.76. The summed E-state index contributed by atoms with van der Waals surface area (Å²) in [5.41, 5.74) is 0.870. The lowest BCUT2D eigenvalue weighted by Gasteiger charge is -2.05. The molecule has 0 aliphatic heterocycles. The molecule has 120 valence electrons. The first-order valence-corrected chi connectivity index (χ1v) is 10.4. The monoisotopic (exact) mass is 384 g/mol. The van der Waals surface area contributed by atoms with Gasteiger partial charge in [-0.05, 0) is 30.3 Å². The predicted octanol–water partition coefficient (Wildman–Crippen LogP) is 4.02. The summed E-state index contributed by atoms with van der Waals surface area (Å²) >= 11 is 9.05. The topological polar surface area (TPSA) is 59.1 Å². The van der Waals surface area contributed by atoms with Gasteiger partial charge < -0.3 is 0 Å². The third-order valence-corrected chi connectivity index (χ3v) is 6.90. The van der Waals surface area contributed by atoms with Crippen LogP contribution in [0.25, 0.3) is 10.2 Å². The molecule has 0 radical (unpaired) electrons. The highest BCUT2D eigenvalue weighted by Crippen LogP contribution is 2.30. The molecular weight excluding hydrogens is 372 g/mol. The van der Waals surface area contributed by atoms with Crippen molar-refractivity contribution in [1.29, 1.82) is 0 Å². The number of thiazole rings is 1. The summed E-state index contributed by atoms with van der Waals surface area (Å²) in [6.45, 7) is 0.346. The van der Waals surface area contributed by atoms with E-state index in [0.29, 0.717) is 17.3 Å². The van der Waals surface area contributed by atoms with Crippen LogP contribution >= 0.6 is 34.7 Å². The number of aromatic nitrogens is 1. The molecule has 2 aromatic carbocycles. The molecule has 23 heavy (non-hydrogen) atoms. The Morgan fingerprint density at radius 2 is 1.96 bits per heavy atom. The van der Waals surface area contributed by atoms with Crippen molar-refractivity contribution < 1.29 is 8.42 Å². The summed E-state index contributed by atoms with van der Waals surface area (Å²) in [5, 5.41) is 0.662. The second-order valence-corrected chi connectivity index (χ2v) is 9.23. The van der Waals surface area contributed by atoms with Gasteiger partial charge in [0.15, 0.2) is 4.34 Å². The Balaban J connectivity index is 1.57. The molecule has 8 heteroatoms. The van der Waals surface area contributed by atoms with Crippen molar-refractivity contribution >= 4 is 54.9 Å². The molecule has 0 aliphatic carbocycles. The van der Waals surface area contributed by atoms with Crippen molar-refractivity contribution in [3.05, 3.63) is 53.6 Å². The van der Waals surface area contributed by atoms with Gasteiger partial charge in [0.1, 0.15) is 0 Å². The molecule has 0 fully saturated rings. The molecule has 0 unspecified atom stereocenters. The minimum Gasteiger partial charge on any atom is -0.230 e. The van der Waals surface area contributed by atoms with Gasteiger partial charge >= 0.3 is 0 Å². The summed E-state index contributed by atoms with van der Waals surface area (Å²) in [6.07, 6.45) is 0. The van der Waals surface area contributed by atoms with Gasteiger partial charge in [0, 0.05) is 17.3 Å². The molecule has 0 saturated carbocycles. The molecule has 1 N–H and O–H groups in total. The summed E-state index contributed by atoms with van der Waals surface area (Å²) in [5.74, 6) is 0.611. The van der Waals surface area contributed by atoms with Crippen molar-refractivity contribution in [2.75, 3.05) is 12.3 Å². The van der Waals surface area contributed by atoms with Crippen LogP contribution in [0.5, 0.6) is 0 Å². The Hall–Kier alpha value is -1.12. The molecule has 0 bridgehead atoms. The van der Waals surface area contributed by atoms with Gasteiger partial charge in [-0.3, -0.25) is 0 Å². The van der Waals surface area contributed by atoms with E-state index in [-0.39, 0.29) is 4.90 Å². The number of sulfonamides is 1. The lowest BCUT2D eigenvalue weighted by atomic mass is 10.3. The van der Waals surface area contributed by atoms with Crippen molar-refractivity contribution in [2.45, 2.75) is 9.24 Å². The fourth-order valence-corrected chi connectivity index (χ4v) is 5.26. The zero-order valence-corrected chi connectivity index (χ0v) is 15.1. The van der Waals surface area contributed by atoms with E-state index in [4.69, 9.17) is 11.6 Å². The molecule has 1 heterocycles. The Morgan fingerprint density at radius 3 is 2.74 bits per heavy atom. The highest BCUT2D eigenvalue weighted by Gasteiger charge is 2.12. The van der Waals surface area contributed by atoms with E-state index in [1.54, 1.807) is 41.7 Å². The van der Waals surface area contributed by atoms with E-state index in [1.165, 1.54) is 11.8 Å². The van der Waals surface area contributed by atoms with Crippen LogP contribution in [0.1, 0.15) is 0 Å². The molecule has 4 nitrogen and oxygen atoms in total. The number of hydrogen-bond acceptors (Lipinski definition) is 5. The maximum atomic E-state index is 12.1. The third kappa shape index (κ3) is 4.24. The molecule has 3 rings (SSSR count). The highest BCUT2D eigenvalue weighted by molar-refractivity contribution is 8.01. The van der Waals surface area contributed by atoms with Crippen molar-refractivity contribution in [2.24, 2.45) is 0 Å². The first-order chi connectivity index (χ1) is 11.0. The van der Waals surface area contributed by atoms with E-state index < -0.39 is 10.0 Å². The standard InChI is InChI=1S/C15H13ClN2O2S3/c16-11-6-7-14-13(10-11)18-15(22-14)21-9-8-17-23(19,20)12-4-2-1-3-5-12/h1-7,10,17H,8-9H2. The van der Waals surface area contributed by atoms with Gasteiger partial charge in [-0.25, -0.2) is 18.1 Å². The van der Waals surface area contributed by atoms with Crippen molar-refractivity contribution in [1.82, 2.24) is 9.71 Å². The second kappa shape index (κ2) is 7.19. The molecule has 0 saturated heterocycles. The maximum Gasteiger partial charge on any atom is 0.240 e. The average molecular weight is 385 g/mol. The normalized spacial score (nSPS) is 11.9. The molecule has 0 amide bonds. The van der Waals surface area contributed by atoms with Gasteiger partial charge in [0.25, 0.3) is 0 Å². The number of fused-ring (bicyclic) bond motifs is 1. The van der Waals surface area contributed by atoms with Gasteiger partial charge in [0.05, 0.1) is 15.1 Å². The summed E-state index contributed by atoms with van der Waals surface area (Å²) in [7, 11) is -3.44. The molecule has 0 aliphatic rings. The number of rotatable bonds is 6. The SMILES string of the molecule is O=S(=O)(NCCSc1nc2cc(Cl)ccc2s1)c1ccccc1. The summed E-state index contributed by atoms with van der Waals surface area (Å²) in [6, 6.07) is 14.0. The Kier molecular flexibility index (Phi) is 5.23. The van der Waals surface area contributed by atoms with Gasteiger partial charge in [-0.15, -0.1) is 11.3 Å². The van der Waals surface area contributed by atoms with E-state index in [1.807, 2.05) is 18.2 Å². The van der Waals surface area contributed by atoms with Crippen LogP contribution in [0, 0.1) is 0 Å². The smallest absolute Gasteiger partial charge is 0.230 e. The second-order valence-electron chi connectivity index (χ2n) is 4.65. The largest absolute Gasteiger partial charge is 0.240 e. The lowest BCUT2D eigenvalue weighted by molar-refractivity contribution is 0.584. The van der Waals surface area contributed by atoms with Crippen molar-refractivity contribution in [3.63, 3.8) is 0 Å². The van der Waals surface area contributed by atoms with E-state index in [0.717, 1.165) is 14.6 Å². The highest BCUT2D eigenvalue weighted by atomic mass is 35.5. The minimum absolute atomic E-state index is 0.277. The van der Waals surface area contributed by atoms with Gasteiger partial charge in [-0.1, -0.05) is 41.6 Å². The number of thioether (sulfide) groups is 1. The molecule has 0 atom stereocenters. The fourth-order valence-electron chi connectivity index (χ4n) is 1.94. The molecule has 0 spiro atoms. The van der Waals surface area contributed by atoms with E-state index in [9.17, 15) is 8.42 Å². The van der Waals surface area contributed by atoms with Crippen LogP contribution in [0.15, 0.2) is 57.8 Å². The first kappa shape index (κ1) is 16.7. The van der Waals surface area contributed by atoms with E-state index >= 15 is 0 Å². The van der Waals surface area contributed by atoms with Crippen LogP contribution in [0.3, 0.4) is 0 Å². The number of nitrogens with zero attached hydrogens (tertiary/aromatic N) is 1. The Bertz CT molecular complexity index is 911. The number of benzene rings is 2. The number of hydrogen-bond donors (Lipinski definition) is 1. The third-order valence-electron chi connectivity index (χ3n) is 3.00. The molecule has 1 aromatic heterocycles. The van der Waals surface area contributed by atoms with Crippen LogP contribution in [-0.2, 0) is 10.0 Å². The van der Waals surface area contributed by atoms with Crippen LogP contribution in [0.4, 0.5) is 0 Å². The van der Waals surface area contributed by atoms with Crippen molar-refractivity contribution in [3.8, 4) is 0 Å². The summed E-state index contributed by atoms with van der Waals surface area (Å²) < 4.78 is 28.7.